The van der Waals surface area contributed by atoms with Gasteiger partial charge in [-0.3, -0.25) is 9.89 Å². The van der Waals surface area contributed by atoms with Crippen molar-refractivity contribution in [3.63, 3.8) is 0 Å². The molecule has 0 atom stereocenters. The van der Waals surface area contributed by atoms with E-state index in [0.717, 1.165) is 0 Å². The highest BCUT2D eigenvalue weighted by Gasteiger charge is 2.14. The summed E-state index contributed by atoms with van der Waals surface area (Å²) >= 11 is 5.68. The van der Waals surface area contributed by atoms with Crippen LogP contribution in [0, 0.1) is 6.92 Å². The van der Waals surface area contributed by atoms with Crippen molar-refractivity contribution < 1.29 is 9.90 Å². The van der Waals surface area contributed by atoms with Gasteiger partial charge < -0.3 is 5.11 Å². The zero-order valence-corrected chi connectivity index (χ0v) is 8.37. The fourth-order valence-electron chi connectivity index (χ4n) is 1.39. The largest absolute Gasteiger partial charge is 0.463 e. The van der Waals surface area contributed by atoms with Gasteiger partial charge in [0.25, 0.3) is 5.56 Å². The summed E-state index contributed by atoms with van der Waals surface area (Å²) in [6, 6.07) is 1.51. The average molecular weight is 228 g/mol. The molecule has 0 aliphatic carbocycles. The standard InChI is InChI=1S/C8H6ClN3O3/c1-3-2-4(9)10-6-5(3)7(13)12(11-6)8(14)15/h2H,1H3,(H,10,11)(H,14,15). The van der Waals surface area contributed by atoms with Crippen molar-refractivity contribution in [3.8, 4) is 0 Å². The number of H-pyrrole nitrogens is 1. The minimum atomic E-state index is -1.38. The Morgan fingerprint density at radius 3 is 2.93 bits per heavy atom. The third-order valence-corrected chi connectivity index (χ3v) is 2.20. The van der Waals surface area contributed by atoms with E-state index < -0.39 is 11.7 Å². The molecule has 0 radical (unpaired) electrons. The molecule has 7 heteroatoms. The molecular formula is C8H6ClN3O3. The number of carbonyl (C=O) groups is 1. The SMILES string of the molecule is Cc1cc(Cl)nc2[nH]n(C(=O)O)c(=O)c12. The van der Waals surface area contributed by atoms with Gasteiger partial charge in [-0.05, 0) is 18.6 Å². The van der Waals surface area contributed by atoms with Crippen molar-refractivity contribution in [1.82, 2.24) is 14.8 Å². The number of rotatable bonds is 0. The first-order valence-corrected chi connectivity index (χ1v) is 4.39. The first-order chi connectivity index (χ1) is 7.00. The topological polar surface area (TPSA) is 88.0 Å². The monoisotopic (exact) mass is 227 g/mol. The number of nitrogens with zero attached hydrogens (tertiary/aromatic N) is 2. The summed E-state index contributed by atoms with van der Waals surface area (Å²) in [4.78, 5) is 26.1. The molecule has 0 aromatic carbocycles. The highest BCUT2D eigenvalue weighted by atomic mass is 35.5. The Morgan fingerprint density at radius 2 is 2.33 bits per heavy atom. The Hall–Kier alpha value is -1.82. The fourth-order valence-corrected chi connectivity index (χ4v) is 1.63. The summed E-state index contributed by atoms with van der Waals surface area (Å²) in [6.07, 6.45) is -1.38. The molecule has 0 amide bonds. The molecule has 2 aromatic heterocycles. The van der Waals surface area contributed by atoms with Crippen LogP contribution in [0.4, 0.5) is 4.79 Å². The van der Waals surface area contributed by atoms with Gasteiger partial charge in [0.05, 0.1) is 5.39 Å². The van der Waals surface area contributed by atoms with Crippen molar-refractivity contribution in [1.29, 1.82) is 0 Å². The molecule has 78 valence electrons. The van der Waals surface area contributed by atoms with Crippen LogP contribution in [0.3, 0.4) is 0 Å². The summed E-state index contributed by atoms with van der Waals surface area (Å²) in [7, 11) is 0. The molecule has 0 aliphatic heterocycles. The summed E-state index contributed by atoms with van der Waals surface area (Å²) < 4.78 is 0.473. The van der Waals surface area contributed by atoms with Gasteiger partial charge in [-0.2, -0.15) is 0 Å². The maximum absolute atomic E-state index is 11.6. The minimum absolute atomic E-state index is 0.174. The van der Waals surface area contributed by atoms with E-state index in [9.17, 15) is 9.59 Å². The normalized spacial score (nSPS) is 10.8. The number of halogens is 1. The highest BCUT2D eigenvalue weighted by molar-refractivity contribution is 6.29. The number of pyridine rings is 1. The van der Waals surface area contributed by atoms with Crippen LogP contribution in [0.2, 0.25) is 5.15 Å². The molecule has 0 fully saturated rings. The van der Waals surface area contributed by atoms with Crippen molar-refractivity contribution >= 4 is 28.7 Å². The van der Waals surface area contributed by atoms with Crippen LogP contribution in [-0.2, 0) is 0 Å². The zero-order chi connectivity index (χ0) is 11.2. The number of aromatic nitrogens is 3. The van der Waals surface area contributed by atoms with E-state index in [1.165, 1.54) is 6.07 Å². The van der Waals surface area contributed by atoms with Gasteiger partial charge in [0.15, 0.2) is 5.65 Å². The molecule has 2 aromatic rings. The van der Waals surface area contributed by atoms with E-state index in [2.05, 4.69) is 10.1 Å². The second-order valence-electron chi connectivity index (χ2n) is 3.02. The van der Waals surface area contributed by atoms with E-state index in [0.29, 0.717) is 10.2 Å². The van der Waals surface area contributed by atoms with Gasteiger partial charge in [-0.25, -0.2) is 9.78 Å². The Labute approximate surface area is 88.1 Å². The van der Waals surface area contributed by atoms with E-state index in [-0.39, 0.29) is 16.2 Å². The highest BCUT2D eigenvalue weighted by Crippen LogP contribution is 2.15. The molecule has 0 spiro atoms. The van der Waals surface area contributed by atoms with Crippen LogP contribution in [0.15, 0.2) is 10.9 Å². The molecule has 0 saturated heterocycles. The van der Waals surface area contributed by atoms with Gasteiger partial charge >= 0.3 is 6.09 Å². The maximum Gasteiger partial charge on any atom is 0.433 e. The van der Waals surface area contributed by atoms with Crippen LogP contribution in [0.5, 0.6) is 0 Å². The number of aromatic amines is 1. The quantitative estimate of drug-likeness (QED) is 0.662. The molecule has 2 rings (SSSR count). The number of carboxylic acid groups (broad SMARTS) is 1. The molecular weight excluding hydrogens is 222 g/mol. The summed E-state index contributed by atoms with van der Waals surface area (Å²) in [5.74, 6) is 0. The minimum Gasteiger partial charge on any atom is -0.463 e. The van der Waals surface area contributed by atoms with Gasteiger partial charge in [0.1, 0.15) is 5.15 Å². The lowest BCUT2D eigenvalue weighted by atomic mass is 10.2. The average Bonchev–Trinajstić information content (AvgIpc) is 2.42. The third kappa shape index (κ3) is 1.39. The Kier molecular flexibility index (Phi) is 2.01. The Morgan fingerprint density at radius 1 is 1.67 bits per heavy atom. The van der Waals surface area contributed by atoms with Crippen molar-refractivity contribution in [2.75, 3.05) is 0 Å². The molecule has 0 saturated carbocycles. The predicted molar refractivity (Wildman–Crippen MR) is 53.5 cm³/mol. The van der Waals surface area contributed by atoms with Crippen LogP contribution >= 0.6 is 11.6 Å². The van der Waals surface area contributed by atoms with Gasteiger partial charge in [0, 0.05) is 0 Å². The maximum atomic E-state index is 11.6. The molecule has 0 unspecified atom stereocenters. The van der Waals surface area contributed by atoms with Crippen molar-refractivity contribution in [2.45, 2.75) is 6.92 Å². The van der Waals surface area contributed by atoms with Crippen LogP contribution in [0.25, 0.3) is 11.0 Å². The lowest BCUT2D eigenvalue weighted by Crippen LogP contribution is -2.23. The third-order valence-electron chi connectivity index (χ3n) is 2.01. The van der Waals surface area contributed by atoms with Gasteiger partial charge in [-0.15, -0.1) is 4.68 Å². The molecule has 15 heavy (non-hydrogen) atoms. The van der Waals surface area contributed by atoms with Crippen LogP contribution in [0.1, 0.15) is 5.56 Å². The first kappa shape index (κ1) is 9.72. The number of hydrogen-bond donors (Lipinski definition) is 2. The van der Waals surface area contributed by atoms with Crippen LogP contribution in [-0.4, -0.2) is 26.0 Å². The molecule has 6 nitrogen and oxygen atoms in total. The molecule has 2 N–H and O–H groups in total. The van der Waals surface area contributed by atoms with Gasteiger partial charge in [0.2, 0.25) is 0 Å². The Bertz CT molecular complexity index is 613. The number of hydrogen-bond acceptors (Lipinski definition) is 3. The lowest BCUT2D eigenvalue weighted by molar-refractivity contribution is 0.192. The van der Waals surface area contributed by atoms with E-state index >= 15 is 0 Å². The van der Waals surface area contributed by atoms with Gasteiger partial charge in [-0.1, -0.05) is 11.6 Å². The van der Waals surface area contributed by atoms with E-state index in [1.54, 1.807) is 6.92 Å². The van der Waals surface area contributed by atoms with E-state index in [4.69, 9.17) is 16.7 Å². The van der Waals surface area contributed by atoms with Crippen molar-refractivity contribution in [3.05, 3.63) is 27.1 Å². The smallest absolute Gasteiger partial charge is 0.433 e. The summed E-state index contributed by atoms with van der Waals surface area (Å²) in [5.41, 5.74) is 0.123. The number of aryl methyl sites for hydroxylation is 1. The lowest BCUT2D eigenvalue weighted by Gasteiger charge is -1.93. The summed E-state index contributed by atoms with van der Waals surface area (Å²) in [6.45, 7) is 1.66. The Balaban J connectivity index is 2.95. The predicted octanol–water partition coefficient (Wildman–Crippen LogP) is 1.21. The van der Waals surface area contributed by atoms with E-state index in [1.807, 2.05) is 0 Å². The number of nitrogens with one attached hydrogen (secondary N) is 1. The van der Waals surface area contributed by atoms with Crippen molar-refractivity contribution in [2.24, 2.45) is 0 Å². The molecule has 2 heterocycles. The summed E-state index contributed by atoms with van der Waals surface area (Å²) in [5, 5.41) is 11.5. The molecule has 0 aliphatic rings. The number of fused-ring (bicyclic) bond motifs is 1. The molecule has 0 bridgehead atoms. The zero-order valence-electron chi connectivity index (χ0n) is 7.61. The fraction of sp³-hybridized carbons (Fsp3) is 0.125. The van der Waals surface area contributed by atoms with Crippen LogP contribution < -0.4 is 5.56 Å². The second-order valence-corrected chi connectivity index (χ2v) is 3.41. The second kappa shape index (κ2) is 3.09. The first-order valence-electron chi connectivity index (χ1n) is 4.02.